The number of anilines is 3. The number of aromatic nitrogens is 3. The first-order valence-corrected chi connectivity index (χ1v) is 7.67. The number of pyridine rings is 1. The summed E-state index contributed by atoms with van der Waals surface area (Å²) < 4.78 is 37.5. The highest BCUT2D eigenvalue weighted by molar-refractivity contribution is 5.88. The number of halogens is 2. The highest BCUT2D eigenvalue weighted by atomic mass is 19.3. The van der Waals surface area contributed by atoms with Gasteiger partial charge in [0.1, 0.15) is 18.2 Å². The van der Waals surface area contributed by atoms with Crippen molar-refractivity contribution in [3.05, 3.63) is 30.2 Å². The molecule has 2 N–H and O–H groups in total. The van der Waals surface area contributed by atoms with Crippen molar-refractivity contribution in [1.29, 1.82) is 0 Å². The van der Waals surface area contributed by atoms with Crippen LogP contribution in [0.1, 0.15) is 19.7 Å². The highest BCUT2D eigenvalue weighted by Gasteiger charge is 2.29. The van der Waals surface area contributed by atoms with E-state index in [0.717, 1.165) is 0 Å². The molecule has 0 radical (unpaired) electrons. The lowest BCUT2D eigenvalue weighted by Gasteiger charge is -2.14. The van der Waals surface area contributed by atoms with E-state index in [2.05, 4.69) is 25.6 Å². The van der Waals surface area contributed by atoms with Gasteiger partial charge in [-0.1, -0.05) is 0 Å². The molecule has 0 aromatic carbocycles. The van der Waals surface area contributed by atoms with Gasteiger partial charge in [-0.25, -0.2) is 9.97 Å². The topological polar surface area (TPSA) is 98.3 Å². The van der Waals surface area contributed by atoms with Gasteiger partial charge in [-0.05, 0) is 6.07 Å². The molecule has 0 spiro atoms. The number of ether oxygens (including phenoxy) is 2. The van der Waals surface area contributed by atoms with E-state index in [-0.39, 0.29) is 30.8 Å². The molecule has 0 atom stereocenters. The number of nitrogens with one attached hydrogen (secondary N) is 2. The van der Waals surface area contributed by atoms with Gasteiger partial charge in [0.05, 0.1) is 6.61 Å². The fourth-order valence-electron chi connectivity index (χ4n) is 1.89. The van der Waals surface area contributed by atoms with Crippen LogP contribution in [0, 0.1) is 0 Å². The van der Waals surface area contributed by atoms with E-state index in [1.807, 2.05) is 0 Å². The Bertz CT molecular complexity index is 768. The van der Waals surface area contributed by atoms with E-state index in [4.69, 9.17) is 9.47 Å². The van der Waals surface area contributed by atoms with Crippen molar-refractivity contribution in [3.63, 3.8) is 0 Å². The second kappa shape index (κ2) is 8.48. The Morgan fingerprint density at radius 3 is 2.65 bits per heavy atom. The second-order valence-electron chi connectivity index (χ2n) is 5.38. The Labute approximate surface area is 149 Å². The van der Waals surface area contributed by atoms with Gasteiger partial charge in [-0.3, -0.25) is 4.79 Å². The summed E-state index contributed by atoms with van der Waals surface area (Å²) in [5.41, 5.74) is 0.496. The van der Waals surface area contributed by atoms with Gasteiger partial charge >= 0.3 is 5.92 Å². The first-order valence-electron chi connectivity index (χ1n) is 7.67. The third kappa shape index (κ3) is 5.88. The fraction of sp³-hybridized carbons (Fsp3) is 0.375. The third-order valence-electron chi connectivity index (χ3n) is 2.97. The van der Waals surface area contributed by atoms with Crippen LogP contribution in [-0.2, 0) is 15.5 Å². The van der Waals surface area contributed by atoms with Gasteiger partial charge in [0, 0.05) is 45.0 Å². The maximum Gasteiger partial charge on any atom is 0.304 e. The number of nitrogens with zero attached hydrogens (tertiary/aromatic N) is 3. The van der Waals surface area contributed by atoms with Gasteiger partial charge in [-0.2, -0.15) is 13.8 Å². The molecule has 10 heteroatoms. The normalized spacial score (nSPS) is 11.1. The minimum Gasteiger partial charge on any atom is -0.475 e. The number of rotatable bonds is 8. The summed E-state index contributed by atoms with van der Waals surface area (Å²) >= 11 is 0. The summed E-state index contributed by atoms with van der Waals surface area (Å²) in [6.45, 7) is 2.50. The predicted molar refractivity (Wildman–Crippen MR) is 90.8 cm³/mol. The summed E-state index contributed by atoms with van der Waals surface area (Å²) in [6.07, 6.45) is 1.46. The molecule has 1 amide bonds. The van der Waals surface area contributed by atoms with E-state index >= 15 is 0 Å². The molecule has 2 aromatic heterocycles. The zero-order valence-corrected chi connectivity index (χ0v) is 14.5. The largest absolute Gasteiger partial charge is 0.475 e. The predicted octanol–water partition coefficient (Wildman–Crippen LogP) is 2.71. The van der Waals surface area contributed by atoms with Crippen LogP contribution in [0.25, 0.3) is 0 Å². The molecule has 26 heavy (non-hydrogen) atoms. The molecule has 0 bridgehead atoms. The lowest BCUT2D eigenvalue weighted by atomic mass is 10.3. The number of alkyl halides is 2. The van der Waals surface area contributed by atoms with Crippen molar-refractivity contribution in [2.45, 2.75) is 19.8 Å². The molecule has 0 aliphatic rings. The van der Waals surface area contributed by atoms with Crippen molar-refractivity contribution in [1.82, 2.24) is 15.0 Å². The molecule has 0 saturated heterocycles. The molecular formula is C16H19F2N5O3. The monoisotopic (exact) mass is 367 g/mol. The van der Waals surface area contributed by atoms with E-state index in [9.17, 15) is 13.6 Å². The van der Waals surface area contributed by atoms with E-state index in [1.165, 1.54) is 26.3 Å². The van der Waals surface area contributed by atoms with E-state index in [1.54, 1.807) is 12.1 Å². The van der Waals surface area contributed by atoms with Crippen molar-refractivity contribution < 1.29 is 23.0 Å². The lowest BCUT2D eigenvalue weighted by molar-refractivity contribution is -0.114. The quantitative estimate of drug-likeness (QED) is 0.692. The zero-order chi connectivity index (χ0) is 19.2. The SMILES string of the molecule is COCCOc1cc(Nc2ccnc(NC(C)=O)c2)nc(C(C)(F)F)n1. The van der Waals surface area contributed by atoms with Crippen LogP contribution in [-0.4, -0.2) is 41.2 Å². The molecule has 0 saturated carbocycles. The first-order chi connectivity index (χ1) is 12.3. The zero-order valence-electron chi connectivity index (χ0n) is 14.5. The van der Waals surface area contributed by atoms with Crippen molar-refractivity contribution in [2.75, 3.05) is 31.0 Å². The number of carbonyl (C=O) groups excluding carboxylic acids is 1. The Balaban J connectivity index is 2.27. The maximum atomic E-state index is 13.7. The minimum absolute atomic E-state index is 0.00721. The van der Waals surface area contributed by atoms with Gasteiger partial charge in [0.25, 0.3) is 0 Å². The third-order valence-corrected chi connectivity index (χ3v) is 2.97. The van der Waals surface area contributed by atoms with Crippen molar-refractivity contribution in [3.8, 4) is 5.88 Å². The summed E-state index contributed by atoms with van der Waals surface area (Å²) in [6, 6.07) is 4.53. The fourth-order valence-corrected chi connectivity index (χ4v) is 1.89. The second-order valence-corrected chi connectivity index (χ2v) is 5.38. The van der Waals surface area contributed by atoms with Crippen LogP contribution in [0.2, 0.25) is 0 Å². The van der Waals surface area contributed by atoms with Crippen LogP contribution in [0.3, 0.4) is 0 Å². The van der Waals surface area contributed by atoms with Crippen LogP contribution in [0.4, 0.5) is 26.1 Å². The maximum absolute atomic E-state index is 13.7. The number of hydrogen-bond donors (Lipinski definition) is 2. The molecule has 2 rings (SSSR count). The molecule has 8 nitrogen and oxygen atoms in total. The molecule has 0 fully saturated rings. The van der Waals surface area contributed by atoms with E-state index in [0.29, 0.717) is 18.4 Å². The molecule has 0 aliphatic heterocycles. The van der Waals surface area contributed by atoms with Gasteiger partial charge in [0.15, 0.2) is 0 Å². The molecule has 140 valence electrons. The molecule has 0 aliphatic carbocycles. The van der Waals surface area contributed by atoms with Gasteiger partial charge in [0.2, 0.25) is 17.6 Å². The minimum atomic E-state index is -3.24. The van der Waals surface area contributed by atoms with Crippen LogP contribution in [0.5, 0.6) is 5.88 Å². The molecule has 0 unspecified atom stereocenters. The number of amides is 1. The van der Waals surface area contributed by atoms with E-state index < -0.39 is 11.7 Å². The van der Waals surface area contributed by atoms with Crippen molar-refractivity contribution >= 4 is 23.2 Å². The molecular weight excluding hydrogens is 348 g/mol. The average Bonchev–Trinajstić information content (AvgIpc) is 2.54. The number of carbonyl (C=O) groups is 1. The average molecular weight is 367 g/mol. The van der Waals surface area contributed by atoms with Crippen molar-refractivity contribution in [2.24, 2.45) is 0 Å². The molecule has 2 heterocycles. The first kappa shape index (κ1) is 19.4. The Hall–Kier alpha value is -2.88. The van der Waals surface area contributed by atoms with Crippen LogP contribution >= 0.6 is 0 Å². The summed E-state index contributed by atoms with van der Waals surface area (Å²) in [5, 5.41) is 5.40. The summed E-state index contributed by atoms with van der Waals surface area (Å²) in [4.78, 5) is 22.6. The highest BCUT2D eigenvalue weighted by Crippen LogP contribution is 2.28. The smallest absolute Gasteiger partial charge is 0.304 e. The Morgan fingerprint density at radius 1 is 1.23 bits per heavy atom. The lowest BCUT2D eigenvalue weighted by Crippen LogP contribution is -2.15. The number of methoxy groups -OCH3 is 1. The standard InChI is InChI=1S/C16H19F2N5O3/c1-10(24)20-12-8-11(4-5-19-12)21-13-9-14(26-7-6-25-3)23-15(22-13)16(2,17)18/h4-5,8-9H,6-7H2,1-3H3,(H2,19,20,21,22,23,24). The van der Waals surface area contributed by atoms with Gasteiger partial charge < -0.3 is 20.1 Å². The number of hydrogen-bond acceptors (Lipinski definition) is 7. The summed E-state index contributed by atoms with van der Waals surface area (Å²) in [7, 11) is 1.50. The Morgan fingerprint density at radius 2 is 2.00 bits per heavy atom. The van der Waals surface area contributed by atoms with Crippen LogP contribution < -0.4 is 15.4 Å². The summed E-state index contributed by atoms with van der Waals surface area (Å²) in [5.74, 6) is -3.77. The Kier molecular flexibility index (Phi) is 6.34. The molecule has 2 aromatic rings. The van der Waals surface area contributed by atoms with Crippen LogP contribution in [0.15, 0.2) is 24.4 Å². The van der Waals surface area contributed by atoms with Gasteiger partial charge in [-0.15, -0.1) is 0 Å².